The Morgan fingerprint density at radius 3 is 1.59 bits per heavy atom. The monoisotopic (exact) mass is 1190 g/mol. The predicted octanol–water partition coefficient (Wildman–Crippen LogP) is 10.7. The molecule has 0 N–H and O–H groups in total. The number of fused-ring (bicyclic) bond motifs is 8. The van der Waals surface area contributed by atoms with Crippen LogP contribution in [0.5, 0.6) is 17.2 Å². The molecule has 19 heteroatoms. The molecular formula is C67H92N6O13. The Morgan fingerprint density at radius 2 is 1.08 bits per heavy atom. The highest BCUT2D eigenvalue weighted by Gasteiger charge is 2.41. The summed E-state index contributed by atoms with van der Waals surface area (Å²) in [4.78, 5) is 76.9. The number of para-hydroxylation sites is 2. The van der Waals surface area contributed by atoms with Crippen molar-refractivity contribution < 1.29 is 62.0 Å². The number of hydrogen-bond acceptors (Lipinski definition) is 16. The molecule has 0 unspecified atom stereocenters. The van der Waals surface area contributed by atoms with Crippen LogP contribution in [0, 0.1) is 6.92 Å². The van der Waals surface area contributed by atoms with Crippen LogP contribution in [0.4, 0.5) is 28.4 Å². The fourth-order valence-corrected chi connectivity index (χ4v) is 11.2. The van der Waals surface area contributed by atoms with Gasteiger partial charge in [-0.05, 0) is 96.5 Å². The van der Waals surface area contributed by atoms with E-state index in [9.17, 15) is 24.0 Å². The molecule has 0 aromatic heterocycles. The normalized spacial score (nSPS) is 15.9. The molecule has 0 radical (unpaired) electrons. The van der Waals surface area contributed by atoms with Crippen molar-refractivity contribution in [3.8, 4) is 17.2 Å². The van der Waals surface area contributed by atoms with E-state index in [1.54, 1.807) is 20.3 Å². The van der Waals surface area contributed by atoms with Crippen LogP contribution in [0.2, 0.25) is 0 Å². The molecule has 2 atom stereocenters. The molecule has 10 rings (SSSR count). The molecule has 5 aliphatic heterocycles. The molecular weight excluding hydrogens is 1100 g/mol. The molecule has 5 aromatic carbocycles. The molecule has 5 aromatic rings. The summed E-state index contributed by atoms with van der Waals surface area (Å²) in [7, 11) is 9.99. The van der Waals surface area contributed by atoms with Crippen molar-refractivity contribution in [3.63, 3.8) is 0 Å². The number of anilines is 5. The molecule has 1 fully saturated rings. The molecule has 19 nitrogen and oxygen atoms in total. The lowest BCUT2D eigenvalue weighted by atomic mass is 10.1. The van der Waals surface area contributed by atoms with E-state index in [0.717, 1.165) is 63.0 Å². The molecule has 0 spiro atoms. The minimum Gasteiger partial charge on any atom is -0.493 e. The number of nitrogens with zero attached hydrogens (tertiary/aromatic N) is 6. The largest absolute Gasteiger partial charge is 0.493 e. The summed E-state index contributed by atoms with van der Waals surface area (Å²) in [6.07, 6.45) is 2.99. The van der Waals surface area contributed by atoms with Gasteiger partial charge in [0.05, 0.1) is 88.9 Å². The molecule has 1 saturated heterocycles. The molecule has 5 aliphatic rings. The smallest absolute Gasteiger partial charge is 0.305 e. The van der Waals surface area contributed by atoms with Crippen molar-refractivity contribution in [2.45, 2.75) is 113 Å². The van der Waals surface area contributed by atoms with Gasteiger partial charge in [0, 0.05) is 95.8 Å². The van der Waals surface area contributed by atoms with E-state index in [4.69, 9.17) is 33.2 Å². The van der Waals surface area contributed by atoms with Gasteiger partial charge in [0.1, 0.15) is 19.0 Å². The topological polar surface area (TPSA) is 179 Å². The van der Waals surface area contributed by atoms with E-state index in [1.165, 1.54) is 25.3 Å². The number of ether oxygens (including phenoxy) is 7. The van der Waals surface area contributed by atoms with Crippen LogP contribution in [0.25, 0.3) is 0 Å². The van der Waals surface area contributed by atoms with Gasteiger partial charge in [0.2, 0.25) is 0 Å². The van der Waals surface area contributed by atoms with Gasteiger partial charge >= 0.3 is 5.97 Å². The van der Waals surface area contributed by atoms with Crippen LogP contribution in [0.3, 0.4) is 0 Å². The lowest BCUT2D eigenvalue weighted by Crippen LogP contribution is -2.41. The number of aryl methyl sites for hydroxylation is 1. The number of hydroxylamine groups is 2. The summed E-state index contributed by atoms with van der Waals surface area (Å²) in [5.74, 6) is 0.813. The van der Waals surface area contributed by atoms with Gasteiger partial charge in [0.25, 0.3) is 23.6 Å². The summed E-state index contributed by atoms with van der Waals surface area (Å²) in [5.41, 5.74) is 10.6. The number of amides is 4. The minimum atomic E-state index is -0.272. The third-order valence-corrected chi connectivity index (χ3v) is 15.1. The highest BCUT2D eigenvalue weighted by Crippen LogP contribution is 2.43. The Morgan fingerprint density at radius 1 is 0.581 bits per heavy atom. The summed E-state index contributed by atoms with van der Waals surface area (Å²) in [6.45, 7) is 15.1. The fraction of sp³-hybridized carbons (Fsp3) is 0.478. The Bertz CT molecular complexity index is 3060. The van der Waals surface area contributed by atoms with Gasteiger partial charge in [-0.2, -0.15) is 5.06 Å². The molecule has 86 heavy (non-hydrogen) atoms. The van der Waals surface area contributed by atoms with Crippen LogP contribution >= 0.6 is 0 Å². The van der Waals surface area contributed by atoms with Gasteiger partial charge in [-0.3, -0.25) is 28.8 Å². The second kappa shape index (κ2) is 33.3. The fourth-order valence-electron chi connectivity index (χ4n) is 11.2. The van der Waals surface area contributed by atoms with Crippen LogP contribution in [-0.2, 0) is 64.2 Å². The number of benzene rings is 5. The highest BCUT2D eigenvalue weighted by atomic mass is 16.7. The molecule has 4 amide bonds. The number of carbonyl (C=O) groups is 5. The Balaban J connectivity index is 0.000000811. The number of methoxy groups -OCH3 is 3. The number of likely N-dealkylation sites (N-methyl/N-ethyl adjacent to an activating group) is 2. The number of hydrogen-bond donors (Lipinski definition) is 0. The average Bonchev–Trinajstić information content (AvgIpc) is 1.64. The zero-order valence-corrected chi connectivity index (χ0v) is 50.8. The zero-order chi connectivity index (χ0) is 60.5. The van der Waals surface area contributed by atoms with E-state index in [1.807, 2.05) is 113 Å². The van der Waals surface area contributed by atoms with Crippen LogP contribution in [0.1, 0.15) is 117 Å². The quantitative estimate of drug-likeness (QED) is 0.0363. The minimum absolute atomic E-state index is 0. The van der Waals surface area contributed by atoms with E-state index >= 15 is 0 Å². The Labute approximate surface area is 509 Å². The van der Waals surface area contributed by atoms with E-state index in [-0.39, 0.29) is 89.0 Å². The van der Waals surface area contributed by atoms with Crippen LogP contribution in [-0.4, -0.2) is 148 Å². The van der Waals surface area contributed by atoms with Crippen molar-refractivity contribution in [2.24, 2.45) is 0 Å². The Kier molecular flexibility index (Phi) is 26.7. The maximum atomic E-state index is 14.3. The number of imide groups is 1. The van der Waals surface area contributed by atoms with Gasteiger partial charge in [-0.25, -0.2) is 0 Å². The van der Waals surface area contributed by atoms with Gasteiger partial charge in [-0.15, -0.1) is 0 Å². The first-order chi connectivity index (χ1) is 40.8. The number of rotatable bonds is 22. The summed E-state index contributed by atoms with van der Waals surface area (Å²) >= 11 is 0. The van der Waals surface area contributed by atoms with Crippen LogP contribution in [0.15, 0.2) is 91.0 Å². The van der Waals surface area contributed by atoms with E-state index in [2.05, 4.69) is 49.9 Å². The Hall–Kier alpha value is -7.71. The van der Waals surface area contributed by atoms with Crippen molar-refractivity contribution in [1.82, 2.24) is 5.06 Å². The molecule has 0 bridgehead atoms. The first-order valence-corrected chi connectivity index (χ1v) is 29.2. The summed E-state index contributed by atoms with van der Waals surface area (Å²) in [6, 6.07) is 30.2. The molecule has 0 aliphatic carbocycles. The summed E-state index contributed by atoms with van der Waals surface area (Å²) < 4.78 is 41.0. The number of carbonyl (C=O) groups excluding carboxylic acids is 5. The third kappa shape index (κ3) is 16.2. The highest BCUT2D eigenvalue weighted by molar-refractivity contribution is 6.13. The van der Waals surface area contributed by atoms with Crippen molar-refractivity contribution >= 4 is 58.0 Å². The van der Waals surface area contributed by atoms with Crippen molar-refractivity contribution in [2.75, 3.05) is 126 Å². The lowest BCUT2D eigenvalue weighted by Gasteiger charge is -2.26. The summed E-state index contributed by atoms with van der Waals surface area (Å²) in [5, 5.41) is 0.792. The number of esters is 1. The van der Waals surface area contributed by atoms with Crippen LogP contribution < -0.4 is 38.7 Å². The maximum absolute atomic E-state index is 14.3. The van der Waals surface area contributed by atoms with Gasteiger partial charge < -0.3 is 57.7 Å². The molecule has 5 heterocycles. The molecule has 0 saturated carbocycles. The lowest BCUT2D eigenvalue weighted by molar-refractivity contribution is -0.179. The maximum Gasteiger partial charge on any atom is 0.305 e. The second-order valence-electron chi connectivity index (χ2n) is 20.5. The third-order valence-electron chi connectivity index (χ3n) is 15.1. The second-order valence-corrected chi connectivity index (χ2v) is 20.5. The first-order valence-electron chi connectivity index (χ1n) is 29.2. The standard InChI is InChI=1S/C56H65N5O10.C5H7NO3.2C2H6.2CH4/c1-37-24-45-49(57(2)33-43-28-40-12-7-9-14-47(40)60(43)55(45)63)31-51(37)70-35-38-25-39(27-42(26-38)59(17-11-16-54(62)67-6)18-19-68-22-23-69-21-20-65-4)36-71-53-32-50-46(30-52(53)66-5)56(64)61-44(34-58(50)3)29-41-13-8-10-15-48(41)61;1-9-6-4(7)2-3-5(6)8;2*1-2;;/h7-10,12-15,24-27,30-32,43-44H,11,16-23,28-29,33-36H2,1-6H3;2-3H2,1H3;2*1-2H3;2*1H4/t43-,44-;;;;;/m0...../s1. The van der Waals surface area contributed by atoms with Crippen molar-refractivity contribution in [3.05, 3.63) is 130 Å². The predicted molar refractivity (Wildman–Crippen MR) is 339 cm³/mol. The first kappa shape index (κ1) is 69.1. The molecule has 468 valence electrons. The van der Waals surface area contributed by atoms with Crippen molar-refractivity contribution in [1.29, 1.82) is 0 Å². The van der Waals surface area contributed by atoms with Gasteiger partial charge in [-0.1, -0.05) is 78.9 Å². The van der Waals surface area contributed by atoms with E-state index in [0.29, 0.717) is 94.0 Å². The SMILES string of the molecule is C.C.CC.CC.COCCOCCOCCN(CCCC(=O)OC)c1cc(COc2cc3c(cc2C)C(=O)N2c4ccccc4C[C@H]2CN3C)cc(COc2cc3c(cc2OC)C(=O)N2c4ccccc4C[C@H]2CN3C)c1.CON1C(=O)CCC1=O. The van der Waals surface area contributed by atoms with Gasteiger partial charge in [0.15, 0.2) is 11.5 Å². The zero-order valence-electron chi connectivity index (χ0n) is 50.8. The average molecular weight is 1190 g/mol. The van der Waals surface area contributed by atoms with E-state index < -0.39 is 0 Å².